The maximum Gasteiger partial charge on any atom is 0.330 e. The Hall–Kier alpha value is -0.0300. The van der Waals surface area contributed by atoms with E-state index in [4.69, 9.17) is 4.74 Å². The topological polar surface area (TPSA) is 78.9 Å². The summed E-state index contributed by atoms with van der Waals surface area (Å²) >= 11 is 12.4. The molecule has 0 aromatic heterocycles. The van der Waals surface area contributed by atoms with Crippen molar-refractivity contribution >= 4 is 81.4 Å². The second kappa shape index (κ2) is 32.6. The van der Waals surface area contributed by atoms with Gasteiger partial charge in [-0.15, -0.1) is 0 Å². The fourth-order valence-electron chi connectivity index (χ4n) is 0.968. The van der Waals surface area contributed by atoms with Crippen molar-refractivity contribution in [3.05, 3.63) is 24.3 Å². The molecule has 0 atom stereocenters. The molecule has 29 heavy (non-hydrogen) atoms. The fraction of sp³-hybridized carbons (Fsp3) is 0.632. The number of carbonyl (C=O) groups excluding carboxylic acids is 3. The molecule has 1 fully saturated rings. The van der Waals surface area contributed by atoms with Gasteiger partial charge in [-0.3, -0.25) is 4.79 Å². The molecule has 1 saturated heterocycles. The molecular weight excluding hydrogens is 644 g/mol. The number of Topliss-reactive ketones (excluding diaryl/α,β-unsaturated/α-hetero) is 1. The Kier molecular flexibility index (Phi) is 44.4. The highest BCUT2D eigenvalue weighted by atomic mass is 79.9. The molecule has 6 nitrogen and oxygen atoms in total. The number of allylic oxidation sites excluding steroid dienone is 1. The summed E-state index contributed by atoms with van der Waals surface area (Å²) in [5, 5.41) is 2.29. The molecule has 0 aliphatic carbocycles. The van der Waals surface area contributed by atoms with Crippen molar-refractivity contribution in [2.75, 3.05) is 48.8 Å². The van der Waals surface area contributed by atoms with E-state index in [1.54, 1.807) is 0 Å². The summed E-state index contributed by atoms with van der Waals surface area (Å²) in [6.45, 7) is 5.16. The Morgan fingerprint density at radius 1 is 0.862 bits per heavy atom. The minimum absolute atomic E-state index is 0. The molecule has 0 amide bonds. The number of ketones is 1. The molecule has 174 valence electrons. The third kappa shape index (κ3) is 35.8. The third-order valence-electron chi connectivity index (χ3n) is 2.36. The highest BCUT2D eigenvalue weighted by molar-refractivity contribution is 9.10. The first-order valence-electron chi connectivity index (χ1n) is 7.67. The van der Waals surface area contributed by atoms with Crippen LogP contribution in [0.4, 0.5) is 0 Å². The molecule has 0 unspecified atom stereocenters. The van der Waals surface area contributed by atoms with E-state index >= 15 is 0 Å². The van der Waals surface area contributed by atoms with Gasteiger partial charge in [0.15, 0.2) is 5.78 Å². The van der Waals surface area contributed by atoms with E-state index in [0.717, 1.165) is 24.9 Å². The van der Waals surface area contributed by atoms with E-state index in [1.165, 1.54) is 33.1 Å². The summed E-state index contributed by atoms with van der Waals surface area (Å²) in [6, 6.07) is 0. The van der Waals surface area contributed by atoms with Gasteiger partial charge in [0.25, 0.3) is 0 Å². The molecule has 1 aliphatic heterocycles. The van der Waals surface area contributed by atoms with Crippen LogP contribution in [-0.2, 0) is 28.6 Å². The van der Waals surface area contributed by atoms with Gasteiger partial charge in [0.1, 0.15) is 0 Å². The first-order chi connectivity index (χ1) is 12.9. The minimum Gasteiger partial charge on any atom is -0.466 e. The molecule has 0 aromatic rings. The molecule has 0 aromatic carbocycles. The average Bonchev–Trinajstić information content (AvgIpc) is 3.31. The number of hydrogen-bond acceptors (Lipinski definition) is 6. The van der Waals surface area contributed by atoms with Crippen LogP contribution in [0, 0.1) is 0 Å². The SMILES string of the molecule is C.C.C1CCOC1.C=CC(=O)OC.COC(=O)C=C(CBr)CBr.O=C(CBr)CBr. The number of halogens is 4. The first kappa shape index (κ1) is 39.4. The van der Waals surface area contributed by atoms with Crippen LogP contribution in [0.5, 0.6) is 0 Å². The lowest BCUT2D eigenvalue weighted by molar-refractivity contribution is -0.135. The Bertz CT molecular complexity index is 419. The summed E-state index contributed by atoms with van der Waals surface area (Å²) < 4.78 is 13.5. The van der Waals surface area contributed by atoms with Gasteiger partial charge in [-0.2, -0.15) is 0 Å². The van der Waals surface area contributed by atoms with Gasteiger partial charge in [0, 0.05) is 36.0 Å². The Morgan fingerprint density at radius 2 is 1.28 bits per heavy atom. The molecule has 0 N–H and O–H groups in total. The quantitative estimate of drug-likeness (QED) is 0.206. The standard InChI is InChI=1S/C6H8Br2O2.C4H6O2.C4H8O.C3H4Br2O.2CH4/c1-10-6(9)2-5(3-7)4-8;1-3-4(5)6-2;1-2-4-5-3-1;4-1-3(6)2-5;;/h2H,3-4H2,1H3;3H,1H2,2H3;1-4H2;1-2H2;2*1H4. The predicted molar refractivity (Wildman–Crippen MR) is 136 cm³/mol. The molecule has 0 radical (unpaired) electrons. The first-order valence-corrected chi connectivity index (χ1v) is 12.2. The Balaban J connectivity index is -0.0000000893. The van der Waals surface area contributed by atoms with Crippen molar-refractivity contribution < 1.29 is 28.6 Å². The number of methoxy groups -OCH3 is 2. The van der Waals surface area contributed by atoms with Gasteiger partial charge in [-0.05, 0) is 18.4 Å². The van der Waals surface area contributed by atoms with Crippen molar-refractivity contribution in [1.82, 2.24) is 0 Å². The van der Waals surface area contributed by atoms with E-state index in [9.17, 15) is 14.4 Å². The highest BCUT2D eigenvalue weighted by Crippen LogP contribution is 2.03. The number of esters is 2. The molecule has 0 spiro atoms. The van der Waals surface area contributed by atoms with Crippen LogP contribution in [-0.4, -0.2) is 66.5 Å². The summed E-state index contributed by atoms with van der Waals surface area (Å²) in [4.78, 5) is 30.5. The van der Waals surface area contributed by atoms with Crippen molar-refractivity contribution in [2.45, 2.75) is 27.7 Å². The number of alkyl halides is 4. The third-order valence-corrected chi connectivity index (χ3v) is 5.05. The van der Waals surface area contributed by atoms with Crippen molar-refractivity contribution in [3.63, 3.8) is 0 Å². The van der Waals surface area contributed by atoms with Gasteiger partial charge in [0.05, 0.1) is 24.9 Å². The van der Waals surface area contributed by atoms with Crippen LogP contribution in [0.15, 0.2) is 24.3 Å². The van der Waals surface area contributed by atoms with E-state index in [1.807, 2.05) is 0 Å². The molecule has 10 heteroatoms. The van der Waals surface area contributed by atoms with E-state index in [-0.39, 0.29) is 26.6 Å². The number of ether oxygens (including phenoxy) is 3. The van der Waals surface area contributed by atoms with Gasteiger partial charge >= 0.3 is 11.9 Å². The predicted octanol–water partition coefficient (Wildman–Crippen LogP) is 5.64. The van der Waals surface area contributed by atoms with E-state index < -0.39 is 5.97 Å². The van der Waals surface area contributed by atoms with Crippen LogP contribution < -0.4 is 0 Å². The Morgan fingerprint density at radius 3 is 1.41 bits per heavy atom. The summed E-state index contributed by atoms with van der Waals surface area (Å²) in [6.07, 6.45) is 5.13. The average molecular weight is 678 g/mol. The smallest absolute Gasteiger partial charge is 0.330 e. The largest absolute Gasteiger partial charge is 0.466 e. The van der Waals surface area contributed by atoms with Crippen LogP contribution in [0.25, 0.3) is 0 Å². The normalized spacial score (nSPS) is 10.3. The van der Waals surface area contributed by atoms with E-state index in [0.29, 0.717) is 21.3 Å². The van der Waals surface area contributed by atoms with Gasteiger partial charge < -0.3 is 14.2 Å². The fourth-order valence-corrected chi connectivity index (χ4v) is 3.15. The molecular formula is C19H34Br4O6. The lowest BCUT2D eigenvalue weighted by Crippen LogP contribution is -1.98. The molecule has 1 aliphatic rings. The number of hydrogen-bond donors (Lipinski definition) is 0. The molecule has 1 rings (SSSR count). The van der Waals surface area contributed by atoms with Crippen molar-refractivity contribution in [3.8, 4) is 0 Å². The Labute approximate surface area is 209 Å². The summed E-state index contributed by atoms with van der Waals surface area (Å²) in [5.41, 5.74) is 0.965. The zero-order valence-electron chi connectivity index (χ0n) is 15.5. The van der Waals surface area contributed by atoms with Crippen LogP contribution in [0.2, 0.25) is 0 Å². The van der Waals surface area contributed by atoms with Gasteiger partial charge in [-0.1, -0.05) is 85.2 Å². The number of rotatable bonds is 6. The zero-order chi connectivity index (χ0) is 21.5. The summed E-state index contributed by atoms with van der Waals surface area (Å²) in [7, 11) is 2.67. The maximum absolute atomic E-state index is 10.6. The minimum atomic E-state index is -0.394. The molecule has 0 saturated carbocycles. The second-order valence-electron chi connectivity index (χ2n) is 4.45. The monoisotopic (exact) mass is 674 g/mol. The van der Waals surface area contributed by atoms with Crippen LogP contribution >= 0.6 is 63.7 Å². The van der Waals surface area contributed by atoms with Crippen LogP contribution in [0.1, 0.15) is 27.7 Å². The van der Waals surface area contributed by atoms with Crippen molar-refractivity contribution in [2.24, 2.45) is 0 Å². The van der Waals surface area contributed by atoms with Gasteiger partial charge in [-0.25, -0.2) is 9.59 Å². The lowest BCUT2D eigenvalue weighted by atomic mass is 10.3. The van der Waals surface area contributed by atoms with Crippen molar-refractivity contribution in [1.29, 1.82) is 0 Å². The maximum atomic E-state index is 10.6. The lowest BCUT2D eigenvalue weighted by Gasteiger charge is -1.95. The second-order valence-corrected chi connectivity index (χ2v) is 6.69. The number of carbonyl (C=O) groups is 3. The highest BCUT2D eigenvalue weighted by Gasteiger charge is 1.97. The van der Waals surface area contributed by atoms with Gasteiger partial charge in [0.2, 0.25) is 0 Å². The zero-order valence-corrected chi connectivity index (χ0v) is 21.8. The molecule has 0 bridgehead atoms. The van der Waals surface area contributed by atoms with E-state index in [2.05, 4.69) is 79.8 Å². The summed E-state index contributed by atoms with van der Waals surface area (Å²) in [5.74, 6) is -0.529. The van der Waals surface area contributed by atoms with Crippen LogP contribution in [0.3, 0.4) is 0 Å². The molecule has 1 heterocycles.